The molecule has 3 rings (SSSR count). The first kappa shape index (κ1) is 16.8. The highest BCUT2D eigenvalue weighted by molar-refractivity contribution is 7.23. The largest absolute Gasteiger partial charge is 0.349 e. The number of H-pyrrole nitrogens is 1. The van der Waals surface area contributed by atoms with Crippen LogP contribution < -0.4 is 10.2 Å². The molecule has 0 atom stereocenters. The Bertz CT molecular complexity index is 905. The summed E-state index contributed by atoms with van der Waals surface area (Å²) < 4.78 is 1.27. The van der Waals surface area contributed by atoms with E-state index >= 15 is 0 Å². The maximum atomic E-state index is 12.2. The summed E-state index contributed by atoms with van der Waals surface area (Å²) >= 11 is 13.3. The number of nitrogens with zero attached hydrogens (tertiary/aromatic N) is 1. The van der Waals surface area contributed by atoms with Crippen molar-refractivity contribution in [2.75, 3.05) is 18.5 Å². The monoisotopic (exact) mass is 381 g/mol. The number of aromatic amines is 1. The molecule has 0 unspecified atom stereocenters. The fourth-order valence-electron chi connectivity index (χ4n) is 2.21. The van der Waals surface area contributed by atoms with Gasteiger partial charge in [0.15, 0.2) is 0 Å². The normalized spacial score (nSPS) is 10.8. The van der Waals surface area contributed by atoms with E-state index in [-0.39, 0.29) is 18.4 Å². The molecule has 0 aliphatic carbocycles. The van der Waals surface area contributed by atoms with Crippen molar-refractivity contribution in [1.29, 1.82) is 0 Å². The quantitative estimate of drug-likeness (QED) is 0.718. The molecule has 124 valence electrons. The summed E-state index contributed by atoms with van der Waals surface area (Å²) in [5.74, 6) is -0.593. The van der Waals surface area contributed by atoms with E-state index < -0.39 is 0 Å². The van der Waals surface area contributed by atoms with E-state index in [0.717, 1.165) is 10.4 Å². The maximum Gasteiger partial charge on any atom is 0.268 e. The Morgan fingerprint density at radius 1 is 1.25 bits per heavy atom. The van der Waals surface area contributed by atoms with Crippen LogP contribution in [0.25, 0.3) is 10.2 Å². The lowest BCUT2D eigenvalue weighted by molar-refractivity contribution is -0.117. The third-order valence-corrected chi connectivity index (χ3v) is 5.47. The summed E-state index contributed by atoms with van der Waals surface area (Å²) in [6, 6.07) is 10.9. The molecule has 24 heavy (non-hydrogen) atoms. The lowest BCUT2D eigenvalue weighted by Gasteiger charge is -2.17. The Balaban J connectivity index is 1.65. The summed E-state index contributed by atoms with van der Waals surface area (Å²) in [5, 5.41) is 3.00. The van der Waals surface area contributed by atoms with Gasteiger partial charge in [0.2, 0.25) is 5.91 Å². The Morgan fingerprint density at radius 3 is 2.62 bits per heavy atom. The molecular formula is C16H13Cl2N3O2S. The van der Waals surface area contributed by atoms with E-state index in [4.69, 9.17) is 23.2 Å². The molecule has 3 aromatic rings. The SMILES string of the molecule is CN(C(=O)CNC(=O)c1cc2sc(Cl)c(Cl)c2[nH]1)c1ccccc1. The smallest absolute Gasteiger partial charge is 0.268 e. The van der Waals surface area contributed by atoms with Crippen molar-refractivity contribution >= 4 is 62.3 Å². The number of amides is 2. The third-order valence-electron chi connectivity index (χ3n) is 3.54. The van der Waals surface area contributed by atoms with Gasteiger partial charge in [0.1, 0.15) is 10.0 Å². The predicted octanol–water partition coefficient (Wildman–Crippen LogP) is 3.93. The average Bonchev–Trinajstić information content (AvgIpc) is 3.12. The highest BCUT2D eigenvalue weighted by Crippen LogP contribution is 2.38. The van der Waals surface area contributed by atoms with Gasteiger partial charge in [0.05, 0.1) is 21.8 Å². The fraction of sp³-hybridized carbons (Fsp3) is 0.125. The van der Waals surface area contributed by atoms with Crippen LogP contribution in [0, 0.1) is 0 Å². The van der Waals surface area contributed by atoms with Gasteiger partial charge >= 0.3 is 0 Å². The van der Waals surface area contributed by atoms with Crippen LogP contribution in [0.4, 0.5) is 5.69 Å². The third kappa shape index (κ3) is 3.26. The highest BCUT2D eigenvalue weighted by Gasteiger charge is 2.17. The van der Waals surface area contributed by atoms with Gasteiger partial charge in [0, 0.05) is 12.7 Å². The number of carbonyl (C=O) groups is 2. The zero-order valence-electron chi connectivity index (χ0n) is 12.6. The van der Waals surface area contributed by atoms with Crippen molar-refractivity contribution in [3.8, 4) is 0 Å². The molecule has 0 aliphatic rings. The number of hydrogen-bond donors (Lipinski definition) is 2. The van der Waals surface area contributed by atoms with Crippen LogP contribution in [-0.4, -0.2) is 30.4 Å². The molecule has 0 fully saturated rings. The van der Waals surface area contributed by atoms with Crippen LogP contribution in [0.5, 0.6) is 0 Å². The number of aromatic nitrogens is 1. The summed E-state index contributed by atoms with van der Waals surface area (Å²) in [5.41, 5.74) is 1.73. The lowest BCUT2D eigenvalue weighted by Crippen LogP contribution is -2.38. The molecule has 0 aliphatic heterocycles. The van der Waals surface area contributed by atoms with E-state index in [9.17, 15) is 9.59 Å². The summed E-state index contributed by atoms with van der Waals surface area (Å²) in [6.45, 7) is -0.106. The number of para-hydroxylation sites is 1. The van der Waals surface area contributed by atoms with Gasteiger partial charge in [-0.15, -0.1) is 11.3 Å². The summed E-state index contributed by atoms with van der Waals surface area (Å²) in [7, 11) is 1.66. The number of benzene rings is 1. The molecule has 2 N–H and O–H groups in total. The number of rotatable bonds is 4. The first-order valence-electron chi connectivity index (χ1n) is 7.03. The molecule has 0 radical (unpaired) electrons. The Hall–Kier alpha value is -2.02. The second kappa shape index (κ2) is 6.84. The average molecular weight is 382 g/mol. The lowest BCUT2D eigenvalue weighted by atomic mass is 10.3. The first-order chi connectivity index (χ1) is 11.5. The highest BCUT2D eigenvalue weighted by atomic mass is 35.5. The van der Waals surface area contributed by atoms with Gasteiger partial charge in [-0.25, -0.2) is 0 Å². The van der Waals surface area contributed by atoms with Crippen molar-refractivity contribution in [3.63, 3.8) is 0 Å². The number of anilines is 1. The van der Waals surface area contributed by atoms with Crippen LogP contribution in [-0.2, 0) is 4.79 Å². The molecule has 2 heterocycles. The van der Waals surface area contributed by atoms with Crippen LogP contribution >= 0.6 is 34.5 Å². The van der Waals surface area contributed by atoms with Crippen LogP contribution in [0.2, 0.25) is 9.36 Å². The van der Waals surface area contributed by atoms with Crippen LogP contribution in [0.1, 0.15) is 10.5 Å². The van der Waals surface area contributed by atoms with Gasteiger partial charge in [-0.3, -0.25) is 9.59 Å². The first-order valence-corrected chi connectivity index (χ1v) is 8.61. The van der Waals surface area contributed by atoms with Gasteiger partial charge in [0.25, 0.3) is 5.91 Å². The van der Waals surface area contributed by atoms with Crippen molar-refractivity contribution < 1.29 is 9.59 Å². The van der Waals surface area contributed by atoms with Crippen molar-refractivity contribution in [1.82, 2.24) is 10.3 Å². The number of fused-ring (bicyclic) bond motifs is 1. The molecule has 0 spiro atoms. The minimum atomic E-state index is -0.375. The van der Waals surface area contributed by atoms with E-state index in [2.05, 4.69) is 10.3 Å². The van der Waals surface area contributed by atoms with E-state index in [1.54, 1.807) is 13.1 Å². The Labute approximate surface area is 152 Å². The molecule has 8 heteroatoms. The number of nitrogens with one attached hydrogen (secondary N) is 2. The molecule has 0 saturated heterocycles. The number of thiophene rings is 1. The van der Waals surface area contributed by atoms with Gasteiger partial charge in [-0.05, 0) is 18.2 Å². The number of halogens is 2. The van der Waals surface area contributed by atoms with E-state index in [1.165, 1.54) is 16.2 Å². The molecule has 2 aromatic heterocycles. The number of likely N-dealkylation sites (N-methyl/N-ethyl adjacent to an activating group) is 1. The second-order valence-corrected chi connectivity index (χ2v) is 7.12. The number of hydrogen-bond acceptors (Lipinski definition) is 3. The molecule has 0 bridgehead atoms. The zero-order valence-corrected chi connectivity index (χ0v) is 14.9. The molecule has 5 nitrogen and oxygen atoms in total. The van der Waals surface area contributed by atoms with E-state index in [1.807, 2.05) is 30.3 Å². The van der Waals surface area contributed by atoms with Crippen LogP contribution in [0.3, 0.4) is 0 Å². The second-order valence-electron chi connectivity index (χ2n) is 5.08. The molecule has 1 aromatic carbocycles. The summed E-state index contributed by atoms with van der Waals surface area (Å²) in [4.78, 5) is 28.8. The summed E-state index contributed by atoms with van der Waals surface area (Å²) in [6.07, 6.45) is 0. The van der Waals surface area contributed by atoms with Gasteiger partial charge in [-0.1, -0.05) is 41.4 Å². The molecule has 2 amide bonds. The fourth-order valence-corrected chi connectivity index (χ4v) is 3.69. The maximum absolute atomic E-state index is 12.2. The van der Waals surface area contributed by atoms with Crippen molar-refractivity contribution in [2.24, 2.45) is 0 Å². The predicted molar refractivity (Wildman–Crippen MR) is 98.4 cm³/mol. The standard InChI is InChI=1S/C16H13Cl2N3O2S/c1-21(9-5-3-2-4-6-9)12(22)8-19-16(23)10-7-11-14(20-10)13(17)15(18)24-11/h2-7,20H,8H2,1H3,(H,19,23). The molecule has 0 saturated carbocycles. The van der Waals surface area contributed by atoms with Crippen molar-refractivity contribution in [2.45, 2.75) is 0 Å². The topological polar surface area (TPSA) is 65.2 Å². The minimum Gasteiger partial charge on any atom is -0.349 e. The van der Waals surface area contributed by atoms with Gasteiger partial charge < -0.3 is 15.2 Å². The Kier molecular flexibility index (Phi) is 4.80. The van der Waals surface area contributed by atoms with Gasteiger partial charge in [-0.2, -0.15) is 0 Å². The number of carbonyl (C=O) groups excluding carboxylic acids is 2. The zero-order chi connectivity index (χ0) is 17.3. The van der Waals surface area contributed by atoms with Crippen molar-refractivity contribution in [3.05, 3.63) is 51.5 Å². The van der Waals surface area contributed by atoms with E-state index in [0.29, 0.717) is 20.6 Å². The van der Waals surface area contributed by atoms with Crippen LogP contribution in [0.15, 0.2) is 36.4 Å². The Morgan fingerprint density at radius 2 is 1.96 bits per heavy atom. The molecular weight excluding hydrogens is 369 g/mol. The minimum absolute atomic E-state index is 0.106.